The molecule has 1 saturated heterocycles. The van der Waals surface area contributed by atoms with Gasteiger partial charge in [-0.15, -0.1) is 6.42 Å². The zero-order valence-electron chi connectivity index (χ0n) is 8.35. The van der Waals surface area contributed by atoms with Crippen molar-refractivity contribution in [3.05, 3.63) is 24.0 Å². The molecule has 1 atom stereocenters. The lowest BCUT2D eigenvalue weighted by molar-refractivity contribution is 0.816. The van der Waals surface area contributed by atoms with Crippen molar-refractivity contribution < 1.29 is 0 Å². The molecule has 1 aliphatic heterocycles. The summed E-state index contributed by atoms with van der Waals surface area (Å²) in [5.41, 5.74) is 1.71. The van der Waals surface area contributed by atoms with Crippen molar-refractivity contribution in [2.45, 2.75) is 18.9 Å². The Morgan fingerprint density at radius 1 is 1.53 bits per heavy atom. The maximum absolute atomic E-state index is 8.97. The molecule has 0 N–H and O–H groups in total. The Labute approximate surface area is 89.4 Å². The van der Waals surface area contributed by atoms with Crippen molar-refractivity contribution >= 4 is 5.69 Å². The molecule has 1 aromatic heterocycles. The Balaban J connectivity index is 2.30. The van der Waals surface area contributed by atoms with Gasteiger partial charge >= 0.3 is 0 Å². The highest BCUT2D eigenvalue weighted by molar-refractivity contribution is 5.52. The lowest BCUT2D eigenvalue weighted by atomic mass is 10.2. The van der Waals surface area contributed by atoms with E-state index in [1.807, 2.05) is 6.07 Å². The van der Waals surface area contributed by atoms with Crippen molar-refractivity contribution in [3.63, 3.8) is 0 Å². The third kappa shape index (κ3) is 1.78. The third-order valence-electron chi connectivity index (χ3n) is 2.62. The minimum absolute atomic E-state index is 0.0279. The van der Waals surface area contributed by atoms with Gasteiger partial charge in [0.1, 0.15) is 6.04 Å². The molecule has 1 aromatic rings. The number of nitriles is 1. The summed E-state index contributed by atoms with van der Waals surface area (Å²) in [4.78, 5) is 6.14. The second-order valence-corrected chi connectivity index (χ2v) is 3.56. The molecule has 0 aliphatic carbocycles. The van der Waals surface area contributed by atoms with Gasteiger partial charge in [0.05, 0.1) is 18.0 Å². The van der Waals surface area contributed by atoms with E-state index in [-0.39, 0.29) is 6.04 Å². The van der Waals surface area contributed by atoms with Gasteiger partial charge in [0.15, 0.2) is 0 Å². The summed E-state index contributed by atoms with van der Waals surface area (Å²) in [7, 11) is 0. The fraction of sp³-hybridized carbons (Fsp3) is 0.333. The minimum Gasteiger partial charge on any atom is -0.354 e. The Morgan fingerprint density at radius 3 is 3.13 bits per heavy atom. The molecule has 74 valence electrons. The second-order valence-electron chi connectivity index (χ2n) is 3.56. The van der Waals surface area contributed by atoms with E-state index in [0.717, 1.165) is 30.6 Å². The highest BCUT2D eigenvalue weighted by Crippen LogP contribution is 2.24. The molecule has 2 heterocycles. The molecule has 0 bridgehead atoms. The Bertz CT molecular complexity index is 439. The van der Waals surface area contributed by atoms with E-state index in [1.165, 1.54) is 0 Å². The Morgan fingerprint density at radius 2 is 2.40 bits per heavy atom. The van der Waals surface area contributed by atoms with Gasteiger partial charge in [0.25, 0.3) is 0 Å². The molecular formula is C12H11N3. The van der Waals surface area contributed by atoms with Crippen molar-refractivity contribution in [1.29, 1.82) is 5.26 Å². The molecule has 3 nitrogen and oxygen atoms in total. The first-order valence-corrected chi connectivity index (χ1v) is 4.93. The van der Waals surface area contributed by atoms with Crippen molar-refractivity contribution in [3.8, 4) is 18.4 Å². The van der Waals surface area contributed by atoms with Gasteiger partial charge in [0, 0.05) is 18.3 Å². The monoisotopic (exact) mass is 197 g/mol. The molecule has 1 fully saturated rings. The lowest BCUT2D eigenvalue weighted by Crippen LogP contribution is -2.27. The summed E-state index contributed by atoms with van der Waals surface area (Å²) in [6.45, 7) is 0.911. The van der Waals surface area contributed by atoms with Crippen LogP contribution < -0.4 is 4.90 Å². The molecular weight excluding hydrogens is 186 g/mol. The normalized spacial score (nSPS) is 19.6. The van der Waals surface area contributed by atoms with E-state index in [9.17, 15) is 0 Å². The van der Waals surface area contributed by atoms with E-state index < -0.39 is 0 Å². The number of nitrogens with zero attached hydrogens (tertiary/aromatic N) is 3. The summed E-state index contributed by atoms with van der Waals surface area (Å²) >= 11 is 0. The first-order valence-electron chi connectivity index (χ1n) is 4.93. The SMILES string of the molecule is C#Cc1cncc(N2CCCC2C#N)c1. The molecule has 1 aliphatic rings. The maximum Gasteiger partial charge on any atom is 0.117 e. The number of aromatic nitrogens is 1. The molecule has 0 saturated carbocycles. The number of anilines is 1. The van der Waals surface area contributed by atoms with Gasteiger partial charge in [-0.05, 0) is 18.9 Å². The first kappa shape index (κ1) is 9.55. The van der Waals surface area contributed by atoms with Crippen LogP contribution in [0.25, 0.3) is 0 Å². The van der Waals surface area contributed by atoms with Crippen LogP contribution in [-0.2, 0) is 0 Å². The van der Waals surface area contributed by atoms with Crippen LogP contribution in [0.2, 0.25) is 0 Å². The smallest absolute Gasteiger partial charge is 0.117 e. The van der Waals surface area contributed by atoms with Crippen LogP contribution in [0.5, 0.6) is 0 Å². The summed E-state index contributed by atoms with van der Waals surface area (Å²) in [5, 5.41) is 8.97. The Kier molecular flexibility index (Phi) is 2.56. The van der Waals surface area contributed by atoms with Crippen LogP contribution in [0.4, 0.5) is 5.69 Å². The van der Waals surface area contributed by atoms with Gasteiger partial charge in [-0.2, -0.15) is 5.26 Å². The zero-order chi connectivity index (χ0) is 10.7. The van der Waals surface area contributed by atoms with Gasteiger partial charge < -0.3 is 4.90 Å². The number of hydrogen-bond acceptors (Lipinski definition) is 3. The van der Waals surface area contributed by atoms with E-state index in [2.05, 4.69) is 21.9 Å². The molecule has 0 radical (unpaired) electrons. The maximum atomic E-state index is 8.97. The quantitative estimate of drug-likeness (QED) is 0.641. The largest absolute Gasteiger partial charge is 0.354 e. The molecule has 0 spiro atoms. The molecule has 2 rings (SSSR count). The molecule has 3 heteroatoms. The van der Waals surface area contributed by atoms with Crippen LogP contribution in [0.3, 0.4) is 0 Å². The molecule has 0 aromatic carbocycles. The van der Waals surface area contributed by atoms with Crippen LogP contribution >= 0.6 is 0 Å². The number of pyridine rings is 1. The number of rotatable bonds is 1. The first-order chi connectivity index (χ1) is 7.35. The van der Waals surface area contributed by atoms with Crippen molar-refractivity contribution in [2.75, 3.05) is 11.4 Å². The second kappa shape index (κ2) is 4.02. The van der Waals surface area contributed by atoms with Gasteiger partial charge in [-0.25, -0.2) is 0 Å². The topological polar surface area (TPSA) is 39.9 Å². The highest BCUT2D eigenvalue weighted by Gasteiger charge is 2.24. The standard InChI is InChI=1S/C12H11N3/c1-2-10-6-12(9-14-8-10)15-5-3-4-11(15)7-13/h1,6,8-9,11H,3-5H2. The van der Waals surface area contributed by atoms with Crippen molar-refractivity contribution in [2.24, 2.45) is 0 Å². The third-order valence-corrected chi connectivity index (χ3v) is 2.62. The van der Waals surface area contributed by atoms with Crippen LogP contribution in [0, 0.1) is 23.7 Å². The molecule has 0 amide bonds. The molecule has 15 heavy (non-hydrogen) atoms. The van der Waals surface area contributed by atoms with Gasteiger partial charge in [-0.3, -0.25) is 4.98 Å². The minimum atomic E-state index is -0.0279. The summed E-state index contributed by atoms with van der Waals surface area (Å²) in [6, 6.07) is 4.17. The summed E-state index contributed by atoms with van der Waals surface area (Å²) in [6.07, 6.45) is 10.7. The number of hydrogen-bond donors (Lipinski definition) is 0. The predicted molar refractivity (Wildman–Crippen MR) is 58.2 cm³/mol. The van der Waals surface area contributed by atoms with Crippen LogP contribution in [0.1, 0.15) is 18.4 Å². The summed E-state index contributed by atoms with van der Waals surface area (Å²) < 4.78 is 0. The van der Waals surface area contributed by atoms with E-state index in [1.54, 1.807) is 12.4 Å². The lowest BCUT2D eigenvalue weighted by Gasteiger charge is -2.21. The van der Waals surface area contributed by atoms with Gasteiger partial charge in [-0.1, -0.05) is 5.92 Å². The number of terminal acetylenes is 1. The van der Waals surface area contributed by atoms with Crippen LogP contribution in [0.15, 0.2) is 18.5 Å². The average molecular weight is 197 g/mol. The van der Waals surface area contributed by atoms with E-state index in [0.29, 0.717) is 0 Å². The highest BCUT2D eigenvalue weighted by atomic mass is 15.2. The predicted octanol–water partition coefficient (Wildman–Crippen LogP) is 1.56. The fourth-order valence-electron chi connectivity index (χ4n) is 1.87. The molecule has 1 unspecified atom stereocenters. The summed E-state index contributed by atoms with van der Waals surface area (Å²) in [5.74, 6) is 2.55. The van der Waals surface area contributed by atoms with Crippen LogP contribution in [-0.4, -0.2) is 17.6 Å². The van der Waals surface area contributed by atoms with E-state index >= 15 is 0 Å². The Hall–Kier alpha value is -2.00. The fourth-order valence-corrected chi connectivity index (χ4v) is 1.87. The van der Waals surface area contributed by atoms with E-state index in [4.69, 9.17) is 11.7 Å². The van der Waals surface area contributed by atoms with Crippen molar-refractivity contribution in [1.82, 2.24) is 4.98 Å². The zero-order valence-corrected chi connectivity index (χ0v) is 8.35. The van der Waals surface area contributed by atoms with Gasteiger partial charge in [0.2, 0.25) is 0 Å². The average Bonchev–Trinajstić information content (AvgIpc) is 2.77.